The molecule has 0 saturated carbocycles. The average Bonchev–Trinajstić information content (AvgIpc) is 3.50. The van der Waals surface area contributed by atoms with Gasteiger partial charge in [0.15, 0.2) is 0 Å². The fraction of sp³-hybridized carbons (Fsp3) is 0.348. The number of ether oxygens (including phenoxy) is 2. The Morgan fingerprint density at radius 2 is 2.12 bits per heavy atom. The summed E-state index contributed by atoms with van der Waals surface area (Å²) in [5.74, 6) is -0.475. The van der Waals surface area contributed by atoms with Crippen LogP contribution >= 0.6 is 23.6 Å². The van der Waals surface area contributed by atoms with Gasteiger partial charge in [-0.1, -0.05) is 6.07 Å². The number of thiophene rings is 1. The van der Waals surface area contributed by atoms with Crippen LogP contribution in [0, 0.1) is 5.82 Å². The lowest BCUT2D eigenvalue weighted by Gasteiger charge is -2.36. The normalized spacial score (nSPS) is 18.4. The molecule has 1 aromatic heterocycles. The van der Waals surface area contributed by atoms with E-state index in [0.717, 1.165) is 4.88 Å². The van der Waals surface area contributed by atoms with Crippen molar-refractivity contribution in [3.05, 3.63) is 52.5 Å². The number of nitrogens with one attached hydrogen (secondary N) is 1. The molecule has 2 fully saturated rings. The molecule has 1 aromatic carbocycles. The summed E-state index contributed by atoms with van der Waals surface area (Å²) < 4.78 is 25.2. The standard InChI is InChI=1S/C23H25FN4O4S2/c1-31-22(33)25-14-17-15-28(23(30)32-17)16-4-6-20(19(24)13-16)26-8-10-27(11-9-26)21(29)7-5-18-3-2-12-34-18/h2-7,12-13,17H,8-11,14-15H2,1H3,(H,25,33)/t17-/m0/s1. The summed E-state index contributed by atoms with van der Waals surface area (Å²) in [5.41, 5.74) is 0.872. The van der Waals surface area contributed by atoms with Crippen molar-refractivity contribution in [1.29, 1.82) is 0 Å². The Labute approximate surface area is 206 Å². The third kappa shape index (κ3) is 5.65. The molecule has 1 atom stereocenters. The van der Waals surface area contributed by atoms with E-state index >= 15 is 0 Å². The van der Waals surface area contributed by atoms with Gasteiger partial charge in [-0.15, -0.1) is 11.3 Å². The Hall–Kier alpha value is -3.18. The Balaban J connectivity index is 1.32. The van der Waals surface area contributed by atoms with Crippen LogP contribution in [0.1, 0.15) is 4.88 Å². The summed E-state index contributed by atoms with van der Waals surface area (Å²) in [4.78, 5) is 30.8. The maximum atomic E-state index is 15.0. The van der Waals surface area contributed by atoms with Crippen LogP contribution in [0.5, 0.6) is 0 Å². The summed E-state index contributed by atoms with van der Waals surface area (Å²) in [6, 6.07) is 8.60. The van der Waals surface area contributed by atoms with Crippen molar-refractivity contribution in [2.45, 2.75) is 6.10 Å². The zero-order valence-electron chi connectivity index (χ0n) is 18.6. The third-order valence-electron chi connectivity index (χ3n) is 5.64. The van der Waals surface area contributed by atoms with Gasteiger partial charge in [0.05, 0.1) is 31.6 Å². The molecule has 11 heteroatoms. The number of carbonyl (C=O) groups excluding carboxylic acids is 2. The summed E-state index contributed by atoms with van der Waals surface area (Å²) in [5, 5.41) is 5.02. The van der Waals surface area contributed by atoms with E-state index in [4.69, 9.17) is 21.7 Å². The number of rotatable bonds is 6. The van der Waals surface area contributed by atoms with Crippen LogP contribution in [-0.2, 0) is 14.3 Å². The zero-order valence-corrected chi connectivity index (χ0v) is 20.2. The Morgan fingerprint density at radius 3 is 2.79 bits per heavy atom. The number of benzene rings is 1. The third-order valence-corrected chi connectivity index (χ3v) is 6.79. The molecule has 180 valence electrons. The predicted molar refractivity (Wildman–Crippen MR) is 134 cm³/mol. The summed E-state index contributed by atoms with van der Waals surface area (Å²) in [6.45, 7) is 2.63. The molecular formula is C23H25FN4O4S2. The first kappa shape index (κ1) is 24.0. The average molecular weight is 505 g/mol. The summed E-state index contributed by atoms with van der Waals surface area (Å²) >= 11 is 6.49. The number of piperazine rings is 1. The number of halogens is 1. The second-order valence-electron chi connectivity index (χ2n) is 7.79. The molecule has 1 N–H and O–H groups in total. The summed E-state index contributed by atoms with van der Waals surface area (Å²) in [7, 11) is 1.45. The van der Waals surface area contributed by atoms with E-state index in [1.54, 1.807) is 34.4 Å². The molecule has 2 aliphatic heterocycles. The number of methoxy groups -OCH3 is 1. The molecule has 3 heterocycles. The first-order valence-electron chi connectivity index (χ1n) is 10.8. The number of thiocarbonyl (C=S) groups is 1. The minimum absolute atomic E-state index is 0.0493. The second kappa shape index (κ2) is 10.8. The van der Waals surface area contributed by atoms with Crippen molar-refractivity contribution in [3.8, 4) is 0 Å². The molecule has 2 aliphatic rings. The van der Waals surface area contributed by atoms with Gasteiger partial charge >= 0.3 is 6.09 Å². The fourth-order valence-electron chi connectivity index (χ4n) is 3.84. The first-order chi connectivity index (χ1) is 16.4. The van der Waals surface area contributed by atoms with Crippen LogP contribution < -0.4 is 15.1 Å². The molecule has 0 aliphatic carbocycles. The van der Waals surface area contributed by atoms with E-state index in [0.29, 0.717) is 44.1 Å². The van der Waals surface area contributed by atoms with Gasteiger partial charge in [-0.05, 0) is 47.9 Å². The van der Waals surface area contributed by atoms with E-state index in [2.05, 4.69) is 5.32 Å². The highest BCUT2D eigenvalue weighted by molar-refractivity contribution is 7.80. The molecule has 0 spiro atoms. The zero-order chi connectivity index (χ0) is 24.1. The van der Waals surface area contributed by atoms with Crippen molar-refractivity contribution in [2.75, 3.05) is 56.2 Å². The van der Waals surface area contributed by atoms with Crippen LogP contribution in [-0.4, -0.2) is 74.6 Å². The molecule has 2 aromatic rings. The molecule has 34 heavy (non-hydrogen) atoms. The number of cyclic esters (lactones) is 1. The van der Waals surface area contributed by atoms with Crippen molar-refractivity contribution < 1.29 is 23.5 Å². The fourth-order valence-corrected chi connectivity index (χ4v) is 4.54. The smallest absolute Gasteiger partial charge is 0.414 e. The number of carbonyl (C=O) groups is 2. The maximum Gasteiger partial charge on any atom is 0.414 e. The van der Waals surface area contributed by atoms with Crippen LogP contribution in [0.15, 0.2) is 41.8 Å². The van der Waals surface area contributed by atoms with Crippen LogP contribution in [0.2, 0.25) is 0 Å². The predicted octanol–water partition coefficient (Wildman–Crippen LogP) is 3.10. The first-order valence-corrected chi connectivity index (χ1v) is 12.1. The molecule has 8 nitrogen and oxygen atoms in total. The van der Waals surface area contributed by atoms with Gasteiger partial charge in [0.1, 0.15) is 11.9 Å². The molecule has 0 radical (unpaired) electrons. The molecule has 2 saturated heterocycles. The van der Waals surface area contributed by atoms with E-state index in [1.165, 1.54) is 18.1 Å². The maximum absolute atomic E-state index is 15.0. The highest BCUT2D eigenvalue weighted by Crippen LogP contribution is 2.28. The van der Waals surface area contributed by atoms with Crippen molar-refractivity contribution in [2.24, 2.45) is 0 Å². The van der Waals surface area contributed by atoms with E-state index in [1.807, 2.05) is 28.5 Å². The van der Waals surface area contributed by atoms with Crippen LogP contribution in [0.25, 0.3) is 6.08 Å². The Kier molecular flexibility index (Phi) is 7.63. The van der Waals surface area contributed by atoms with Gasteiger partial charge in [-0.2, -0.15) is 0 Å². The van der Waals surface area contributed by atoms with Gasteiger partial charge in [-0.3, -0.25) is 9.69 Å². The lowest BCUT2D eigenvalue weighted by Crippen LogP contribution is -2.48. The van der Waals surface area contributed by atoms with Gasteiger partial charge in [-0.25, -0.2) is 9.18 Å². The molecule has 0 unspecified atom stereocenters. The monoisotopic (exact) mass is 504 g/mol. The number of amides is 2. The van der Waals surface area contributed by atoms with Gasteiger partial charge in [0.2, 0.25) is 5.91 Å². The largest absolute Gasteiger partial charge is 0.474 e. The van der Waals surface area contributed by atoms with Crippen LogP contribution in [0.4, 0.5) is 20.6 Å². The number of hydrogen-bond donors (Lipinski definition) is 1. The quantitative estimate of drug-likeness (QED) is 0.479. The molecule has 0 bridgehead atoms. The summed E-state index contributed by atoms with van der Waals surface area (Å²) in [6.07, 6.45) is 2.43. The van der Waals surface area contributed by atoms with E-state index in [9.17, 15) is 14.0 Å². The lowest BCUT2D eigenvalue weighted by molar-refractivity contribution is -0.126. The topological polar surface area (TPSA) is 74.4 Å². The van der Waals surface area contributed by atoms with Gasteiger partial charge in [0.25, 0.3) is 5.17 Å². The lowest BCUT2D eigenvalue weighted by atomic mass is 10.2. The van der Waals surface area contributed by atoms with E-state index < -0.39 is 18.0 Å². The Morgan fingerprint density at radius 1 is 1.32 bits per heavy atom. The SMILES string of the molecule is COC(=S)NC[C@H]1CN(c2ccc(N3CCN(C(=O)C=Cc4cccs4)CC3)c(F)c2)C(=O)O1. The minimum Gasteiger partial charge on any atom is -0.474 e. The second-order valence-corrected chi connectivity index (χ2v) is 9.14. The van der Waals surface area contributed by atoms with Crippen molar-refractivity contribution in [3.63, 3.8) is 0 Å². The van der Waals surface area contributed by atoms with Crippen molar-refractivity contribution in [1.82, 2.24) is 10.2 Å². The van der Waals surface area contributed by atoms with Gasteiger partial charge < -0.3 is 24.6 Å². The van der Waals surface area contributed by atoms with E-state index in [-0.39, 0.29) is 17.6 Å². The molecule has 4 rings (SSSR count). The molecular weight excluding hydrogens is 479 g/mol. The molecule has 2 amide bonds. The number of nitrogens with zero attached hydrogens (tertiary/aromatic N) is 3. The van der Waals surface area contributed by atoms with Crippen molar-refractivity contribution >= 4 is 58.2 Å². The highest BCUT2D eigenvalue weighted by Gasteiger charge is 2.33. The highest BCUT2D eigenvalue weighted by atomic mass is 32.1. The van der Waals surface area contributed by atoms with Gasteiger partial charge in [0, 0.05) is 37.1 Å². The number of hydrogen-bond acceptors (Lipinski definition) is 7. The number of anilines is 2. The minimum atomic E-state index is -0.537. The Bertz CT molecular complexity index is 1070. The van der Waals surface area contributed by atoms with Crippen LogP contribution in [0.3, 0.4) is 0 Å².